The van der Waals surface area contributed by atoms with Crippen LogP contribution in [0.2, 0.25) is 5.02 Å². The number of phenols is 1. The molecular weight excluding hydrogens is 290 g/mol. The number of carbonyl (C=O) groups is 1. The molecule has 64 valence electrons. The van der Waals surface area contributed by atoms with Gasteiger partial charge in [-0.05, 0) is 41.6 Å². The fourth-order valence-corrected chi connectivity index (χ4v) is 1.57. The smallest absolute Gasteiger partial charge is 0.161 e. The van der Waals surface area contributed by atoms with Gasteiger partial charge in [-0.2, -0.15) is 0 Å². The third kappa shape index (κ3) is 1.72. The van der Waals surface area contributed by atoms with Crippen LogP contribution in [0.3, 0.4) is 0 Å². The predicted molar refractivity (Wildman–Crippen MR) is 55.8 cm³/mol. The normalized spacial score (nSPS) is 9.92. The molecule has 0 bridgehead atoms. The minimum atomic E-state index is -0.0992. The summed E-state index contributed by atoms with van der Waals surface area (Å²) in [5.74, 6) is 0.00326. The lowest BCUT2D eigenvalue weighted by Crippen LogP contribution is -1.94. The van der Waals surface area contributed by atoms with E-state index in [4.69, 9.17) is 11.6 Å². The first-order valence-corrected chi connectivity index (χ1v) is 4.67. The van der Waals surface area contributed by atoms with Gasteiger partial charge in [-0.25, -0.2) is 0 Å². The zero-order valence-corrected chi connectivity index (χ0v) is 9.18. The highest BCUT2D eigenvalue weighted by molar-refractivity contribution is 14.1. The Bertz CT molecular complexity index is 336. The van der Waals surface area contributed by atoms with E-state index in [-0.39, 0.29) is 11.5 Å². The number of Topliss-reactive ketones (excluding diaryl/α,β-unsaturated/α-hetero) is 1. The molecule has 0 heterocycles. The van der Waals surface area contributed by atoms with Gasteiger partial charge in [0.05, 0.1) is 8.59 Å². The summed E-state index contributed by atoms with van der Waals surface area (Å²) in [5.41, 5.74) is 0.443. The molecule has 0 radical (unpaired) electrons. The maximum Gasteiger partial charge on any atom is 0.161 e. The topological polar surface area (TPSA) is 37.3 Å². The van der Waals surface area contributed by atoms with Crippen LogP contribution in [0, 0.1) is 3.57 Å². The van der Waals surface area contributed by atoms with E-state index in [2.05, 4.69) is 0 Å². The van der Waals surface area contributed by atoms with Crippen LogP contribution in [-0.4, -0.2) is 10.9 Å². The molecule has 0 atom stereocenters. The number of hydrogen-bond acceptors (Lipinski definition) is 2. The van der Waals surface area contributed by atoms with Crippen molar-refractivity contribution in [2.24, 2.45) is 0 Å². The molecule has 0 saturated carbocycles. The number of benzene rings is 1. The molecule has 1 aromatic carbocycles. The minimum absolute atomic E-state index is 0.0992. The predicted octanol–water partition coefficient (Wildman–Crippen LogP) is 2.85. The average molecular weight is 296 g/mol. The van der Waals surface area contributed by atoms with Crippen LogP contribution in [0.5, 0.6) is 5.75 Å². The van der Waals surface area contributed by atoms with Gasteiger partial charge in [0.15, 0.2) is 5.78 Å². The number of carbonyl (C=O) groups excluding carboxylic acids is 1. The van der Waals surface area contributed by atoms with Crippen molar-refractivity contribution in [1.82, 2.24) is 0 Å². The van der Waals surface area contributed by atoms with E-state index >= 15 is 0 Å². The van der Waals surface area contributed by atoms with E-state index in [1.54, 1.807) is 0 Å². The second kappa shape index (κ2) is 3.62. The fourth-order valence-electron chi connectivity index (χ4n) is 0.811. The minimum Gasteiger partial charge on any atom is -0.507 e. The summed E-state index contributed by atoms with van der Waals surface area (Å²) in [6.07, 6.45) is 0. The van der Waals surface area contributed by atoms with Crippen LogP contribution in [-0.2, 0) is 0 Å². The number of hydrogen-bond donors (Lipinski definition) is 1. The van der Waals surface area contributed by atoms with Gasteiger partial charge in [-0.1, -0.05) is 11.6 Å². The summed E-state index contributed by atoms with van der Waals surface area (Å²) >= 11 is 7.70. The standard InChI is InChI=1S/C8H6ClIO2/c1-4(11)5-2-3-6(12)8(10)7(5)9/h2-3,12H,1H3. The number of phenolic OH excluding ortho intramolecular Hbond substituents is 1. The van der Waals surface area contributed by atoms with Gasteiger partial charge in [0.25, 0.3) is 0 Å². The van der Waals surface area contributed by atoms with Crippen LogP contribution in [0.25, 0.3) is 0 Å². The van der Waals surface area contributed by atoms with E-state index in [1.165, 1.54) is 19.1 Å². The molecule has 0 spiro atoms. The third-order valence-corrected chi connectivity index (χ3v) is 3.24. The Kier molecular flexibility index (Phi) is 2.95. The first kappa shape index (κ1) is 9.80. The van der Waals surface area contributed by atoms with Gasteiger partial charge in [0, 0.05) is 5.56 Å². The van der Waals surface area contributed by atoms with E-state index in [1.807, 2.05) is 22.6 Å². The maximum atomic E-state index is 11.0. The summed E-state index contributed by atoms with van der Waals surface area (Å²) in [7, 11) is 0. The van der Waals surface area contributed by atoms with Crippen molar-refractivity contribution in [3.63, 3.8) is 0 Å². The lowest BCUT2D eigenvalue weighted by Gasteiger charge is -2.03. The second-order valence-electron chi connectivity index (χ2n) is 2.32. The Hall–Kier alpha value is -0.290. The molecule has 4 heteroatoms. The molecule has 1 aromatic rings. The van der Waals surface area contributed by atoms with Gasteiger partial charge >= 0.3 is 0 Å². The molecule has 0 saturated heterocycles. The van der Waals surface area contributed by atoms with Crippen LogP contribution in [0.4, 0.5) is 0 Å². The monoisotopic (exact) mass is 296 g/mol. The van der Waals surface area contributed by atoms with Crippen LogP contribution < -0.4 is 0 Å². The zero-order valence-electron chi connectivity index (χ0n) is 6.27. The number of halogens is 2. The average Bonchev–Trinajstić information content (AvgIpc) is 2.00. The highest BCUT2D eigenvalue weighted by atomic mass is 127. The molecule has 1 N–H and O–H groups in total. The quantitative estimate of drug-likeness (QED) is 0.639. The SMILES string of the molecule is CC(=O)c1ccc(O)c(I)c1Cl. The molecule has 0 aliphatic rings. The highest BCUT2D eigenvalue weighted by Gasteiger charge is 2.11. The molecule has 0 aliphatic heterocycles. The van der Waals surface area contributed by atoms with Crippen molar-refractivity contribution >= 4 is 40.0 Å². The number of ketones is 1. The lowest BCUT2D eigenvalue weighted by molar-refractivity contribution is 0.101. The van der Waals surface area contributed by atoms with Gasteiger partial charge in [-0.3, -0.25) is 4.79 Å². The Morgan fingerprint density at radius 1 is 1.58 bits per heavy atom. The second-order valence-corrected chi connectivity index (χ2v) is 3.77. The van der Waals surface area contributed by atoms with E-state index in [9.17, 15) is 9.90 Å². The molecule has 12 heavy (non-hydrogen) atoms. The maximum absolute atomic E-state index is 11.0. The first-order valence-electron chi connectivity index (χ1n) is 3.22. The molecule has 0 unspecified atom stereocenters. The van der Waals surface area contributed by atoms with Gasteiger partial charge in [-0.15, -0.1) is 0 Å². The van der Waals surface area contributed by atoms with E-state index in [0.717, 1.165) is 0 Å². The Morgan fingerprint density at radius 3 is 2.67 bits per heavy atom. The third-order valence-electron chi connectivity index (χ3n) is 1.44. The Labute approximate surface area is 88.7 Å². The van der Waals surface area contributed by atoms with Crippen molar-refractivity contribution in [1.29, 1.82) is 0 Å². The Morgan fingerprint density at radius 2 is 2.17 bits per heavy atom. The zero-order chi connectivity index (χ0) is 9.30. The van der Waals surface area contributed by atoms with E-state index in [0.29, 0.717) is 14.2 Å². The van der Waals surface area contributed by atoms with Crippen LogP contribution >= 0.6 is 34.2 Å². The number of rotatable bonds is 1. The van der Waals surface area contributed by atoms with Crippen molar-refractivity contribution < 1.29 is 9.90 Å². The molecule has 0 aliphatic carbocycles. The van der Waals surface area contributed by atoms with Crippen LogP contribution in [0.1, 0.15) is 17.3 Å². The largest absolute Gasteiger partial charge is 0.507 e. The number of aromatic hydroxyl groups is 1. The molecule has 0 amide bonds. The van der Waals surface area contributed by atoms with Crippen molar-refractivity contribution in [2.45, 2.75) is 6.92 Å². The first-order chi connectivity index (χ1) is 5.54. The molecule has 0 fully saturated rings. The van der Waals surface area contributed by atoms with Crippen molar-refractivity contribution in [3.05, 3.63) is 26.3 Å². The molecule has 1 rings (SSSR count). The summed E-state index contributed by atoms with van der Waals surface area (Å²) in [6, 6.07) is 2.98. The van der Waals surface area contributed by atoms with Gasteiger partial charge < -0.3 is 5.11 Å². The van der Waals surface area contributed by atoms with Crippen molar-refractivity contribution in [2.75, 3.05) is 0 Å². The fraction of sp³-hybridized carbons (Fsp3) is 0.125. The summed E-state index contributed by atoms with van der Waals surface area (Å²) in [5, 5.41) is 9.53. The van der Waals surface area contributed by atoms with E-state index < -0.39 is 0 Å². The van der Waals surface area contributed by atoms with Gasteiger partial charge in [0.2, 0.25) is 0 Å². The summed E-state index contributed by atoms with van der Waals surface area (Å²) in [4.78, 5) is 11.0. The lowest BCUT2D eigenvalue weighted by atomic mass is 10.1. The van der Waals surface area contributed by atoms with Crippen LogP contribution in [0.15, 0.2) is 12.1 Å². The summed E-state index contributed by atoms with van der Waals surface area (Å²) in [6.45, 7) is 1.44. The van der Waals surface area contributed by atoms with Gasteiger partial charge in [0.1, 0.15) is 5.75 Å². The molecule has 0 aromatic heterocycles. The van der Waals surface area contributed by atoms with Crippen molar-refractivity contribution in [3.8, 4) is 5.75 Å². The highest BCUT2D eigenvalue weighted by Crippen LogP contribution is 2.30. The molecular formula is C8H6ClIO2. The summed E-state index contributed by atoms with van der Waals surface area (Å²) < 4.78 is 0.516. The molecule has 2 nitrogen and oxygen atoms in total. The Balaban J connectivity index is 3.36.